The van der Waals surface area contributed by atoms with E-state index >= 15 is 0 Å². The van der Waals surface area contributed by atoms with Gasteiger partial charge in [-0.3, -0.25) is 9.59 Å². The first-order valence-electron chi connectivity index (χ1n) is 10.5. The van der Waals surface area contributed by atoms with Crippen LogP contribution in [0, 0.1) is 0 Å². The van der Waals surface area contributed by atoms with Crippen molar-refractivity contribution in [3.8, 4) is 5.75 Å². The maximum Gasteiger partial charge on any atom is 0.251 e. The molecule has 3 rings (SSSR count). The molecule has 0 saturated carbocycles. The summed E-state index contributed by atoms with van der Waals surface area (Å²) < 4.78 is 5.61. The minimum atomic E-state index is -0.480. The van der Waals surface area contributed by atoms with E-state index in [9.17, 15) is 9.59 Å². The van der Waals surface area contributed by atoms with E-state index in [0.29, 0.717) is 5.56 Å². The summed E-state index contributed by atoms with van der Waals surface area (Å²) in [5.74, 6) is 0.240. The van der Waals surface area contributed by atoms with Crippen LogP contribution in [0.15, 0.2) is 90.0 Å². The van der Waals surface area contributed by atoms with Crippen LogP contribution in [0.5, 0.6) is 5.75 Å². The molecule has 32 heavy (non-hydrogen) atoms. The number of ether oxygens (including phenoxy) is 1. The first kappa shape index (κ1) is 22.7. The smallest absolute Gasteiger partial charge is 0.251 e. The average Bonchev–Trinajstić information content (AvgIpc) is 2.80. The van der Waals surface area contributed by atoms with Crippen molar-refractivity contribution in [1.82, 2.24) is 10.7 Å². The van der Waals surface area contributed by atoms with Crippen molar-refractivity contribution in [3.63, 3.8) is 0 Å². The molecule has 0 aliphatic rings. The molecule has 0 bridgehead atoms. The summed E-state index contributed by atoms with van der Waals surface area (Å²) in [6.07, 6.45) is 1.73. The number of benzene rings is 3. The number of hydrogen-bond acceptors (Lipinski definition) is 4. The van der Waals surface area contributed by atoms with Gasteiger partial charge in [-0.15, -0.1) is 0 Å². The summed E-state index contributed by atoms with van der Waals surface area (Å²) in [5.41, 5.74) is 4.75. The number of nitrogens with zero attached hydrogens (tertiary/aromatic N) is 1. The summed E-state index contributed by atoms with van der Waals surface area (Å²) in [4.78, 5) is 25.1. The van der Waals surface area contributed by atoms with E-state index in [-0.39, 0.29) is 24.3 Å². The van der Waals surface area contributed by atoms with Gasteiger partial charge >= 0.3 is 0 Å². The number of hydrazone groups is 1. The number of amides is 2. The Hall–Kier alpha value is -3.93. The van der Waals surface area contributed by atoms with Crippen molar-refractivity contribution < 1.29 is 14.3 Å². The fourth-order valence-electron chi connectivity index (χ4n) is 3.08. The molecule has 0 aliphatic heterocycles. The molecule has 6 nitrogen and oxygen atoms in total. The third-order valence-electron chi connectivity index (χ3n) is 4.59. The zero-order valence-electron chi connectivity index (χ0n) is 18.2. The fourth-order valence-corrected chi connectivity index (χ4v) is 3.08. The third kappa shape index (κ3) is 7.09. The Morgan fingerprint density at radius 1 is 0.906 bits per heavy atom. The topological polar surface area (TPSA) is 79.8 Å². The second-order valence-electron chi connectivity index (χ2n) is 7.54. The molecular weight excluding hydrogens is 402 g/mol. The summed E-state index contributed by atoms with van der Waals surface area (Å²) in [5, 5.41) is 6.98. The molecule has 0 unspecified atom stereocenters. The maximum absolute atomic E-state index is 12.6. The Bertz CT molecular complexity index is 1030. The first-order valence-corrected chi connectivity index (χ1v) is 10.5. The van der Waals surface area contributed by atoms with Gasteiger partial charge in [0.25, 0.3) is 5.91 Å². The summed E-state index contributed by atoms with van der Waals surface area (Å²) in [6.45, 7) is 3.94. The Balaban J connectivity index is 1.61. The third-order valence-corrected chi connectivity index (χ3v) is 4.59. The van der Waals surface area contributed by atoms with E-state index < -0.39 is 6.04 Å². The summed E-state index contributed by atoms with van der Waals surface area (Å²) in [7, 11) is 0. The van der Waals surface area contributed by atoms with E-state index in [1.807, 2.05) is 74.5 Å². The van der Waals surface area contributed by atoms with Crippen LogP contribution >= 0.6 is 0 Å². The maximum atomic E-state index is 12.6. The van der Waals surface area contributed by atoms with Gasteiger partial charge in [-0.2, -0.15) is 5.10 Å². The van der Waals surface area contributed by atoms with Crippen LogP contribution in [-0.4, -0.2) is 24.1 Å². The monoisotopic (exact) mass is 429 g/mol. The number of rotatable bonds is 9. The van der Waals surface area contributed by atoms with E-state index in [2.05, 4.69) is 15.8 Å². The first-order chi connectivity index (χ1) is 15.5. The van der Waals surface area contributed by atoms with Crippen LogP contribution in [0.25, 0.3) is 0 Å². The number of hydrogen-bond donors (Lipinski definition) is 2. The molecule has 2 amide bonds. The summed E-state index contributed by atoms with van der Waals surface area (Å²) in [6, 6.07) is 25.3. The minimum absolute atomic E-state index is 0.0566. The molecule has 0 heterocycles. The van der Waals surface area contributed by atoms with Crippen LogP contribution in [0.2, 0.25) is 0 Å². The van der Waals surface area contributed by atoms with Crippen LogP contribution in [-0.2, 0) is 4.79 Å². The minimum Gasteiger partial charge on any atom is -0.491 e. The highest BCUT2D eigenvalue weighted by molar-refractivity contribution is 5.94. The van der Waals surface area contributed by atoms with Crippen molar-refractivity contribution in [2.45, 2.75) is 32.4 Å². The molecule has 3 aromatic carbocycles. The largest absolute Gasteiger partial charge is 0.491 e. The van der Waals surface area contributed by atoms with Crippen LogP contribution in [0.1, 0.15) is 47.8 Å². The molecule has 0 aliphatic carbocycles. The second-order valence-corrected chi connectivity index (χ2v) is 7.54. The predicted octanol–water partition coefficient (Wildman–Crippen LogP) is 4.49. The molecule has 0 fully saturated rings. The number of nitrogens with one attached hydrogen (secondary N) is 2. The number of carbonyl (C=O) groups is 2. The van der Waals surface area contributed by atoms with Crippen LogP contribution in [0.3, 0.4) is 0 Å². The molecular formula is C26H27N3O3. The molecule has 164 valence electrons. The van der Waals surface area contributed by atoms with E-state index in [1.54, 1.807) is 30.5 Å². The van der Waals surface area contributed by atoms with E-state index in [4.69, 9.17) is 4.74 Å². The quantitative estimate of drug-likeness (QED) is 0.389. The lowest BCUT2D eigenvalue weighted by Crippen LogP contribution is -2.32. The van der Waals surface area contributed by atoms with Gasteiger partial charge < -0.3 is 10.1 Å². The van der Waals surface area contributed by atoms with Gasteiger partial charge in [-0.25, -0.2) is 5.43 Å². The van der Waals surface area contributed by atoms with E-state index in [0.717, 1.165) is 16.9 Å². The Labute approximate surface area is 188 Å². The Kier molecular flexibility index (Phi) is 8.15. The van der Waals surface area contributed by atoms with Gasteiger partial charge in [0.15, 0.2) is 0 Å². The van der Waals surface area contributed by atoms with Crippen LogP contribution in [0.4, 0.5) is 0 Å². The van der Waals surface area contributed by atoms with Gasteiger partial charge in [-0.05, 0) is 61.4 Å². The molecule has 2 N–H and O–H groups in total. The highest BCUT2D eigenvalue weighted by Gasteiger charge is 2.19. The standard InChI is InChI=1S/C26H27N3O3/c1-19(2)32-23-15-13-20(14-16-23)18-27-29-25(30)17-24(21-9-5-3-6-10-21)28-26(31)22-11-7-4-8-12-22/h3-16,18-19,24H,17H2,1-2H3,(H,28,31)(H,29,30)/b27-18-/t24-/m0/s1. The average molecular weight is 430 g/mol. The van der Waals surface area contributed by atoms with Gasteiger partial charge in [0, 0.05) is 5.56 Å². The summed E-state index contributed by atoms with van der Waals surface area (Å²) >= 11 is 0. The fraction of sp³-hybridized carbons (Fsp3) is 0.192. The molecule has 3 aromatic rings. The van der Waals surface area contributed by atoms with Crippen molar-refractivity contribution in [2.24, 2.45) is 5.10 Å². The SMILES string of the molecule is CC(C)Oc1ccc(/C=N\NC(=O)C[C@H](NC(=O)c2ccccc2)c2ccccc2)cc1. The molecule has 0 spiro atoms. The highest BCUT2D eigenvalue weighted by Crippen LogP contribution is 2.18. The highest BCUT2D eigenvalue weighted by atomic mass is 16.5. The lowest BCUT2D eigenvalue weighted by atomic mass is 10.0. The van der Waals surface area contributed by atoms with Gasteiger partial charge in [-0.1, -0.05) is 48.5 Å². The van der Waals surface area contributed by atoms with Gasteiger partial charge in [0.2, 0.25) is 5.91 Å². The molecule has 6 heteroatoms. The van der Waals surface area contributed by atoms with E-state index in [1.165, 1.54) is 0 Å². The van der Waals surface area contributed by atoms with Crippen molar-refractivity contribution in [2.75, 3.05) is 0 Å². The zero-order valence-corrected chi connectivity index (χ0v) is 18.2. The Morgan fingerprint density at radius 2 is 1.53 bits per heavy atom. The van der Waals surface area contributed by atoms with Gasteiger partial charge in [0.05, 0.1) is 24.8 Å². The predicted molar refractivity (Wildman–Crippen MR) is 126 cm³/mol. The molecule has 0 radical (unpaired) electrons. The molecule has 0 saturated heterocycles. The van der Waals surface area contributed by atoms with Crippen molar-refractivity contribution in [1.29, 1.82) is 0 Å². The van der Waals surface area contributed by atoms with Crippen molar-refractivity contribution in [3.05, 3.63) is 102 Å². The molecule has 0 aromatic heterocycles. The van der Waals surface area contributed by atoms with Crippen LogP contribution < -0.4 is 15.5 Å². The lowest BCUT2D eigenvalue weighted by molar-refractivity contribution is -0.121. The second kappa shape index (κ2) is 11.5. The van der Waals surface area contributed by atoms with Crippen molar-refractivity contribution >= 4 is 18.0 Å². The molecule has 1 atom stereocenters. The number of carbonyl (C=O) groups excluding carboxylic acids is 2. The normalized spacial score (nSPS) is 11.8. The van der Waals surface area contributed by atoms with Gasteiger partial charge in [0.1, 0.15) is 5.75 Å². The zero-order chi connectivity index (χ0) is 22.8. The lowest BCUT2D eigenvalue weighted by Gasteiger charge is -2.18. The Morgan fingerprint density at radius 3 is 2.16 bits per heavy atom.